The number of hydrogen-bond donors (Lipinski definition) is 0. The molecule has 7 nitrogen and oxygen atoms in total. The lowest BCUT2D eigenvalue weighted by atomic mass is 9.95. The summed E-state index contributed by atoms with van der Waals surface area (Å²) in [7, 11) is 4.97. The van der Waals surface area contributed by atoms with E-state index in [1.54, 1.807) is 21.3 Å². The van der Waals surface area contributed by atoms with Crippen LogP contribution < -0.4 is 23.7 Å². The number of para-hydroxylation sites is 1. The van der Waals surface area contributed by atoms with Gasteiger partial charge in [-0.25, -0.2) is 5.01 Å². The van der Waals surface area contributed by atoms with Crippen LogP contribution in [0.1, 0.15) is 42.3 Å². The van der Waals surface area contributed by atoms with Crippen molar-refractivity contribution >= 4 is 5.71 Å². The van der Waals surface area contributed by atoms with Crippen molar-refractivity contribution in [1.82, 2.24) is 5.01 Å². The molecule has 2 heterocycles. The fraction of sp³-hybridized carbons (Fsp3) is 0.296. The molecular weight excluding hydrogens is 432 g/mol. The molecule has 0 fully saturated rings. The molecule has 0 aliphatic carbocycles. The first-order chi connectivity index (χ1) is 16.7. The number of nitrogens with zero attached hydrogens (tertiary/aromatic N) is 2. The SMILES string of the molecule is CCOc1cccc2c1O[C@H](c1cc(OC)ccc1OC)N1N=C(c3cccc(OC)c3)C[C@@H]21. The summed E-state index contributed by atoms with van der Waals surface area (Å²) >= 11 is 0. The molecule has 2 aliphatic heterocycles. The quantitative estimate of drug-likeness (QED) is 0.474. The minimum Gasteiger partial charge on any atom is -0.497 e. The van der Waals surface area contributed by atoms with Gasteiger partial charge >= 0.3 is 0 Å². The summed E-state index contributed by atoms with van der Waals surface area (Å²) in [6.07, 6.45) is 0.203. The van der Waals surface area contributed by atoms with Crippen molar-refractivity contribution in [2.75, 3.05) is 27.9 Å². The summed E-state index contributed by atoms with van der Waals surface area (Å²) in [5.41, 5.74) is 3.87. The third-order valence-corrected chi connectivity index (χ3v) is 6.19. The molecule has 0 aromatic heterocycles. The Hall–Kier alpha value is -3.87. The van der Waals surface area contributed by atoms with Gasteiger partial charge in [0, 0.05) is 17.5 Å². The lowest BCUT2D eigenvalue weighted by Gasteiger charge is -2.39. The Labute approximate surface area is 199 Å². The second kappa shape index (κ2) is 9.17. The van der Waals surface area contributed by atoms with E-state index in [2.05, 4.69) is 12.1 Å². The number of benzene rings is 3. The molecule has 0 N–H and O–H groups in total. The van der Waals surface area contributed by atoms with Crippen LogP contribution in [0, 0.1) is 0 Å². The zero-order chi connectivity index (χ0) is 23.7. The van der Waals surface area contributed by atoms with Gasteiger partial charge in [0.15, 0.2) is 11.5 Å². The highest BCUT2D eigenvalue weighted by Gasteiger charge is 2.43. The van der Waals surface area contributed by atoms with Crippen LogP contribution in [0.15, 0.2) is 65.8 Å². The zero-order valence-electron chi connectivity index (χ0n) is 19.8. The average Bonchev–Trinajstić information content (AvgIpc) is 3.34. The normalized spacial score (nSPS) is 18.4. The maximum Gasteiger partial charge on any atom is 0.217 e. The van der Waals surface area contributed by atoms with E-state index in [-0.39, 0.29) is 6.04 Å². The maximum absolute atomic E-state index is 6.62. The van der Waals surface area contributed by atoms with Crippen molar-refractivity contribution in [2.45, 2.75) is 25.6 Å². The molecule has 176 valence electrons. The monoisotopic (exact) mass is 460 g/mol. The smallest absolute Gasteiger partial charge is 0.217 e. The van der Waals surface area contributed by atoms with Gasteiger partial charge in [-0.3, -0.25) is 0 Å². The third kappa shape index (κ3) is 3.77. The highest BCUT2D eigenvalue weighted by Crippen LogP contribution is 2.52. The molecule has 0 unspecified atom stereocenters. The summed E-state index contributed by atoms with van der Waals surface area (Å²) in [6.45, 7) is 2.52. The number of ether oxygens (including phenoxy) is 5. The van der Waals surface area contributed by atoms with Crippen molar-refractivity contribution in [2.24, 2.45) is 5.10 Å². The topological polar surface area (TPSA) is 61.8 Å². The predicted octanol–water partition coefficient (Wildman–Crippen LogP) is 5.35. The molecular formula is C27H28N2O5. The van der Waals surface area contributed by atoms with E-state index < -0.39 is 6.23 Å². The predicted molar refractivity (Wildman–Crippen MR) is 129 cm³/mol. The number of fused-ring (bicyclic) bond motifs is 3. The number of rotatable bonds is 7. The second-order valence-electron chi connectivity index (χ2n) is 8.06. The molecule has 0 spiro atoms. The van der Waals surface area contributed by atoms with Crippen LogP contribution >= 0.6 is 0 Å². The van der Waals surface area contributed by atoms with Gasteiger partial charge in [0.25, 0.3) is 0 Å². The number of methoxy groups -OCH3 is 3. The first kappa shape index (κ1) is 21.9. The molecule has 7 heteroatoms. The molecule has 2 aliphatic rings. The molecule has 0 saturated heterocycles. The van der Waals surface area contributed by atoms with E-state index in [0.717, 1.165) is 51.8 Å². The van der Waals surface area contributed by atoms with E-state index in [4.69, 9.17) is 28.8 Å². The first-order valence-electron chi connectivity index (χ1n) is 11.3. The van der Waals surface area contributed by atoms with Crippen LogP contribution in [0.3, 0.4) is 0 Å². The van der Waals surface area contributed by atoms with Crippen LogP contribution in [0.5, 0.6) is 28.7 Å². The molecule has 5 rings (SSSR count). The largest absolute Gasteiger partial charge is 0.497 e. The van der Waals surface area contributed by atoms with E-state index in [0.29, 0.717) is 12.4 Å². The van der Waals surface area contributed by atoms with Crippen LogP contribution in [0.25, 0.3) is 0 Å². The first-order valence-corrected chi connectivity index (χ1v) is 11.3. The standard InChI is InChI=1S/C27H28N2O5/c1-5-33-25-11-7-10-20-23-16-22(17-8-6-9-18(14-17)30-2)28-29(23)27(34-26(20)25)21-15-19(31-3)12-13-24(21)32-4/h6-15,23,27H,5,16H2,1-4H3/t23-,27+/m0/s1. The van der Waals surface area contributed by atoms with E-state index >= 15 is 0 Å². The minimum absolute atomic E-state index is 0.0220. The van der Waals surface area contributed by atoms with Crippen molar-refractivity contribution in [3.05, 3.63) is 77.4 Å². The fourth-order valence-electron chi connectivity index (χ4n) is 4.57. The minimum atomic E-state index is -0.521. The zero-order valence-corrected chi connectivity index (χ0v) is 19.8. The Bertz CT molecular complexity index is 1230. The molecule has 0 amide bonds. The van der Waals surface area contributed by atoms with Gasteiger partial charge in [-0.15, -0.1) is 0 Å². The molecule has 0 bridgehead atoms. The van der Waals surface area contributed by atoms with Crippen molar-refractivity contribution in [3.8, 4) is 28.7 Å². The summed E-state index contributed by atoms with van der Waals surface area (Å²) in [6, 6.07) is 19.7. The van der Waals surface area contributed by atoms with Crippen LogP contribution in [0.2, 0.25) is 0 Å². The Morgan fingerprint density at radius 1 is 0.882 bits per heavy atom. The Morgan fingerprint density at radius 3 is 2.44 bits per heavy atom. The number of hydrazone groups is 1. The van der Waals surface area contributed by atoms with Crippen LogP contribution in [0.4, 0.5) is 0 Å². The average molecular weight is 461 g/mol. The van der Waals surface area contributed by atoms with E-state index in [1.165, 1.54) is 0 Å². The summed E-state index contributed by atoms with van der Waals surface area (Å²) in [4.78, 5) is 0. The highest BCUT2D eigenvalue weighted by molar-refractivity contribution is 6.02. The number of hydrogen-bond acceptors (Lipinski definition) is 7. The lowest BCUT2D eigenvalue weighted by molar-refractivity contribution is -0.0226. The van der Waals surface area contributed by atoms with Gasteiger partial charge < -0.3 is 23.7 Å². The van der Waals surface area contributed by atoms with Crippen molar-refractivity contribution in [1.29, 1.82) is 0 Å². The molecule has 0 radical (unpaired) electrons. The molecule has 3 aromatic carbocycles. The fourth-order valence-corrected chi connectivity index (χ4v) is 4.57. The van der Waals surface area contributed by atoms with Gasteiger partial charge in [-0.2, -0.15) is 5.10 Å². The van der Waals surface area contributed by atoms with Gasteiger partial charge in [-0.1, -0.05) is 24.3 Å². The van der Waals surface area contributed by atoms with E-state index in [1.807, 2.05) is 60.5 Å². The Balaban J connectivity index is 1.65. The van der Waals surface area contributed by atoms with Gasteiger partial charge in [0.1, 0.15) is 17.2 Å². The highest BCUT2D eigenvalue weighted by atomic mass is 16.5. The Morgan fingerprint density at radius 2 is 1.68 bits per heavy atom. The van der Waals surface area contributed by atoms with Crippen molar-refractivity contribution in [3.63, 3.8) is 0 Å². The summed E-state index contributed by atoms with van der Waals surface area (Å²) in [5, 5.41) is 7.07. The third-order valence-electron chi connectivity index (χ3n) is 6.19. The molecule has 0 saturated carbocycles. The van der Waals surface area contributed by atoms with Gasteiger partial charge in [-0.05, 0) is 43.3 Å². The Kier molecular flexibility index (Phi) is 5.92. The van der Waals surface area contributed by atoms with Crippen molar-refractivity contribution < 1.29 is 23.7 Å². The van der Waals surface area contributed by atoms with Gasteiger partial charge in [0.2, 0.25) is 6.23 Å². The summed E-state index contributed by atoms with van der Waals surface area (Å²) in [5.74, 6) is 3.68. The molecule has 34 heavy (non-hydrogen) atoms. The maximum atomic E-state index is 6.62. The van der Waals surface area contributed by atoms with Crippen LogP contribution in [-0.4, -0.2) is 38.7 Å². The molecule has 2 atom stereocenters. The second-order valence-corrected chi connectivity index (χ2v) is 8.06. The lowest BCUT2D eigenvalue weighted by Crippen LogP contribution is -2.34. The van der Waals surface area contributed by atoms with Gasteiger partial charge in [0.05, 0.1) is 45.3 Å². The van der Waals surface area contributed by atoms with Crippen LogP contribution in [-0.2, 0) is 0 Å². The molecule has 3 aromatic rings. The van der Waals surface area contributed by atoms with E-state index in [9.17, 15) is 0 Å². The summed E-state index contributed by atoms with van der Waals surface area (Å²) < 4.78 is 29.2.